The highest BCUT2D eigenvalue weighted by Crippen LogP contribution is 2.20. The average Bonchev–Trinajstić information content (AvgIpc) is 2.40. The summed E-state index contributed by atoms with van der Waals surface area (Å²) in [6.07, 6.45) is 2.26. The Labute approximate surface area is 117 Å². The lowest BCUT2D eigenvalue weighted by Gasteiger charge is -2.22. The second-order valence-corrected chi connectivity index (χ2v) is 5.00. The van der Waals surface area contributed by atoms with Gasteiger partial charge >= 0.3 is 0 Å². The molecular weight excluding hydrogens is 269 g/mol. The fourth-order valence-electron chi connectivity index (χ4n) is 2.17. The molecule has 5 heteroatoms. The molecule has 2 rings (SSSR count). The average molecular weight is 286 g/mol. The van der Waals surface area contributed by atoms with Crippen LogP contribution in [0.25, 0.3) is 0 Å². The van der Waals surface area contributed by atoms with Crippen molar-refractivity contribution in [2.24, 2.45) is 0 Å². The number of ether oxygens (including phenoxy) is 1. The van der Waals surface area contributed by atoms with Crippen molar-refractivity contribution in [1.29, 1.82) is 0 Å². The summed E-state index contributed by atoms with van der Waals surface area (Å²) in [4.78, 5) is 11.9. The lowest BCUT2D eigenvalue weighted by Crippen LogP contribution is -2.32. The van der Waals surface area contributed by atoms with Crippen molar-refractivity contribution in [3.8, 4) is 0 Å². The first-order chi connectivity index (χ1) is 9.18. The number of hydrogen-bond acceptors (Lipinski definition) is 3. The maximum atomic E-state index is 13.5. The highest BCUT2D eigenvalue weighted by Gasteiger charge is 2.17. The van der Waals surface area contributed by atoms with E-state index in [0.29, 0.717) is 6.61 Å². The first-order valence-corrected chi connectivity index (χ1v) is 6.86. The van der Waals surface area contributed by atoms with E-state index in [9.17, 15) is 9.18 Å². The number of nitrogens with one attached hydrogen (secondary N) is 1. The molecule has 0 saturated carbocycles. The van der Waals surface area contributed by atoms with Crippen LogP contribution in [0.3, 0.4) is 0 Å². The number of benzene rings is 1. The molecule has 1 aliphatic heterocycles. The Hall–Kier alpha value is -0.970. The standard InChI is InChI=1S/C14H17ClFNO2/c15-11-2-1-3-12(16)14(11)13(18)6-9-19-10-4-7-17-8-5-10/h1-3,10,17H,4-9H2. The Morgan fingerprint density at radius 3 is 2.84 bits per heavy atom. The monoisotopic (exact) mass is 285 g/mol. The number of rotatable bonds is 5. The van der Waals surface area contributed by atoms with E-state index >= 15 is 0 Å². The minimum absolute atomic E-state index is 0.0296. The highest BCUT2D eigenvalue weighted by molar-refractivity contribution is 6.34. The summed E-state index contributed by atoms with van der Waals surface area (Å²) in [5, 5.41) is 3.40. The summed E-state index contributed by atoms with van der Waals surface area (Å²) in [5.74, 6) is -0.878. The van der Waals surface area contributed by atoms with Crippen molar-refractivity contribution < 1.29 is 13.9 Å². The van der Waals surface area contributed by atoms with Gasteiger partial charge in [0.15, 0.2) is 5.78 Å². The van der Waals surface area contributed by atoms with Gasteiger partial charge in [-0.3, -0.25) is 4.79 Å². The smallest absolute Gasteiger partial charge is 0.169 e. The number of Topliss-reactive ketones (excluding diaryl/α,β-unsaturated/α-hetero) is 1. The van der Waals surface area contributed by atoms with Crippen LogP contribution in [-0.4, -0.2) is 31.6 Å². The summed E-state index contributed by atoms with van der Waals surface area (Å²) >= 11 is 5.84. The zero-order chi connectivity index (χ0) is 13.7. The predicted octanol–water partition coefficient (Wildman–Crippen LogP) is 2.82. The maximum absolute atomic E-state index is 13.5. The quantitative estimate of drug-likeness (QED) is 0.846. The molecule has 104 valence electrons. The van der Waals surface area contributed by atoms with Crippen LogP contribution in [-0.2, 0) is 4.74 Å². The molecule has 0 unspecified atom stereocenters. The molecule has 1 N–H and O–H groups in total. The van der Waals surface area contributed by atoms with Gasteiger partial charge in [0.05, 0.1) is 23.3 Å². The molecule has 0 amide bonds. The number of halogens is 2. The zero-order valence-corrected chi connectivity index (χ0v) is 11.4. The largest absolute Gasteiger partial charge is 0.378 e. The molecule has 0 spiro atoms. The molecule has 1 aromatic rings. The number of piperidine rings is 1. The summed E-state index contributed by atoms with van der Waals surface area (Å²) in [6.45, 7) is 2.20. The normalized spacial score (nSPS) is 16.5. The van der Waals surface area contributed by atoms with E-state index in [2.05, 4.69) is 5.32 Å². The van der Waals surface area contributed by atoms with Gasteiger partial charge in [0.1, 0.15) is 5.82 Å². The van der Waals surface area contributed by atoms with E-state index < -0.39 is 5.82 Å². The molecule has 0 atom stereocenters. The van der Waals surface area contributed by atoms with Crippen LogP contribution in [0.2, 0.25) is 5.02 Å². The molecule has 1 saturated heterocycles. The minimum Gasteiger partial charge on any atom is -0.378 e. The van der Waals surface area contributed by atoms with Crippen molar-refractivity contribution in [3.05, 3.63) is 34.6 Å². The van der Waals surface area contributed by atoms with Gasteiger partial charge in [-0.05, 0) is 38.1 Å². The van der Waals surface area contributed by atoms with Crippen molar-refractivity contribution in [2.75, 3.05) is 19.7 Å². The van der Waals surface area contributed by atoms with Crippen LogP contribution in [0.15, 0.2) is 18.2 Å². The second-order valence-electron chi connectivity index (χ2n) is 4.59. The molecule has 1 aliphatic rings. The van der Waals surface area contributed by atoms with E-state index in [1.165, 1.54) is 18.2 Å². The van der Waals surface area contributed by atoms with Crippen LogP contribution in [0.5, 0.6) is 0 Å². The van der Waals surface area contributed by atoms with E-state index in [1.54, 1.807) is 0 Å². The third kappa shape index (κ3) is 4.00. The Morgan fingerprint density at radius 2 is 2.16 bits per heavy atom. The van der Waals surface area contributed by atoms with E-state index in [1.807, 2.05) is 0 Å². The molecule has 0 radical (unpaired) electrons. The Morgan fingerprint density at radius 1 is 1.42 bits per heavy atom. The zero-order valence-electron chi connectivity index (χ0n) is 10.6. The molecular formula is C14H17ClFNO2. The molecule has 1 aromatic carbocycles. The van der Waals surface area contributed by atoms with Crippen LogP contribution in [0.4, 0.5) is 4.39 Å². The lowest BCUT2D eigenvalue weighted by atomic mass is 10.1. The number of carbonyl (C=O) groups is 1. The van der Waals surface area contributed by atoms with E-state index in [-0.39, 0.29) is 28.9 Å². The fraction of sp³-hybridized carbons (Fsp3) is 0.500. The number of carbonyl (C=O) groups excluding carboxylic acids is 1. The van der Waals surface area contributed by atoms with Crippen molar-refractivity contribution >= 4 is 17.4 Å². The van der Waals surface area contributed by atoms with E-state index in [0.717, 1.165) is 25.9 Å². The molecule has 0 aromatic heterocycles. The van der Waals surface area contributed by atoms with Gasteiger partial charge < -0.3 is 10.1 Å². The minimum atomic E-state index is -0.570. The molecule has 0 aliphatic carbocycles. The van der Waals surface area contributed by atoms with Crippen LogP contribution in [0.1, 0.15) is 29.6 Å². The summed E-state index contributed by atoms with van der Waals surface area (Å²) in [6, 6.07) is 4.25. The first-order valence-electron chi connectivity index (χ1n) is 6.48. The van der Waals surface area contributed by atoms with Gasteiger partial charge in [-0.25, -0.2) is 4.39 Å². The lowest BCUT2D eigenvalue weighted by molar-refractivity contribution is 0.0313. The van der Waals surface area contributed by atoms with Crippen molar-refractivity contribution in [1.82, 2.24) is 5.32 Å². The molecule has 19 heavy (non-hydrogen) atoms. The molecule has 1 fully saturated rings. The number of ketones is 1. The van der Waals surface area contributed by atoms with Gasteiger partial charge in [0.2, 0.25) is 0 Å². The van der Waals surface area contributed by atoms with Gasteiger partial charge in [-0.15, -0.1) is 0 Å². The fourth-order valence-corrected chi connectivity index (χ4v) is 2.44. The molecule has 1 heterocycles. The second kappa shape index (κ2) is 6.98. The molecule has 3 nitrogen and oxygen atoms in total. The van der Waals surface area contributed by atoms with Gasteiger partial charge in [-0.2, -0.15) is 0 Å². The van der Waals surface area contributed by atoms with Gasteiger partial charge in [0.25, 0.3) is 0 Å². The summed E-state index contributed by atoms with van der Waals surface area (Å²) in [7, 11) is 0. The van der Waals surface area contributed by atoms with Crippen molar-refractivity contribution in [2.45, 2.75) is 25.4 Å². The summed E-state index contributed by atoms with van der Waals surface area (Å²) < 4.78 is 19.2. The Balaban J connectivity index is 1.84. The van der Waals surface area contributed by atoms with Crippen LogP contribution in [0, 0.1) is 5.82 Å². The Bertz CT molecular complexity index is 427. The highest BCUT2D eigenvalue weighted by atomic mass is 35.5. The van der Waals surface area contributed by atoms with Crippen molar-refractivity contribution in [3.63, 3.8) is 0 Å². The topological polar surface area (TPSA) is 38.3 Å². The first kappa shape index (κ1) is 14.4. The van der Waals surface area contributed by atoms with Gasteiger partial charge in [-0.1, -0.05) is 17.7 Å². The SMILES string of the molecule is O=C(CCOC1CCNCC1)c1c(F)cccc1Cl. The van der Waals surface area contributed by atoms with Crippen LogP contribution >= 0.6 is 11.6 Å². The Kier molecular flexibility index (Phi) is 5.31. The predicted molar refractivity (Wildman–Crippen MR) is 72.2 cm³/mol. The third-order valence-corrected chi connectivity index (χ3v) is 3.53. The maximum Gasteiger partial charge on any atom is 0.169 e. The summed E-state index contributed by atoms with van der Waals surface area (Å²) in [5.41, 5.74) is -0.0296. The van der Waals surface area contributed by atoms with Gasteiger partial charge in [0, 0.05) is 6.42 Å². The third-order valence-electron chi connectivity index (χ3n) is 3.21. The number of hydrogen-bond donors (Lipinski definition) is 1. The van der Waals surface area contributed by atoms with Crippen LogP contribution < -0.4 is 5.32 Å². The van der Waals surface area contributed by atoms with E-state index in [4.69, 9.17) is 16.3 Å². The molecule has 0 bridgehead atoms.